The molecule has 0 saturated carbocycles. The summed E-state index contributed by atoms with van der Waals surface area (Å²) in [6.07, 6.45) is 21.3. The monoisotopic (exact) mass is 873 g/mol. The van der Waals surface area contributed by atoms with Gasteiger partial charge in [0.15, 0.2) is 0 Å². The van der Waals surface area contributed by atoms with Crippen LogP contribution in [0.4, 0.5) is 0 Å². The molecule has 2 aliphatic heterocycles. The lowest BCUT2D eigenvalue weighted by Gasteiger charge is -2.32. The summed E-state index contributed by atoms with van der Waals surface area (Å²) in [5.74, 6) is -0.175. The molecule has 4 aromatic carbocycles. The number of carbonyl (C=O) groups is 2. The van der Waals surface area contributed by atoms with Crippen molar-refractivity contribution in [2.45, 2.75) is 96.6 Å². The largest absolute Gasteiger partial charge is 0.387 e. The normalized spacial score (nSPS) is 15.8. The van der Waals surface area contributed by atoms with E-state index in [4.69, 9.17) is 9.47 Å². The first-order valence-corrected chi connectivity index (χ1v) is 24.4. The number of likely N-dealkylation sites (tertiary alicyclic amines) is 2. The van der Waals surface area contributed by atoms with Gasteiger partial charge in [0, 0.05) is 79.1 Å². The average Bonchev–Trinajstić information content (AvgIpc) is 3.91. The number of hydrogen-bond donors (Lipinski definition) is 0. The van der Waals surface area contributed by atoms with Crippen molar-refractivity contribution in [2.75, 3.05) is 52.5 Å². The molecule has 0 amide bonds. The van der Waals surface area contributed by atoms with Gasteiger partial charge in [-0.25, -0.2) is 9.59 Å². The van der Waals surface area contributed by atoms with Crippen molar-refractivity contribution in [3.05, 3.63) is 155 Å². The second-order valence-corrected chi connectivity index (χ2v) is 18.1. The van der Waals surface area contributed by atoms with E-state index in [0.717, 1.165) is 89.5 Å². The molecule has 2 aliphatic rings. The fourth-order valence-corrected chi connectivity index (χ4v) is 10.0. The van der Waals surface area contributed by atoms with Crippen LogP contribution < -0.4 is 0 Å². The second-order valence-electron chi connectivity index (χ2n) is 18.1. The summed E-state index contributed by atoms with van der Waals surface area (Å²) in [6.45, 7) is 14.3. The van der Waals surface area contributed by atoms with E-state index in [1.54, 1.807) is 12.2 Å². The third kappa shape index (κ3) is 12.4. The molecule has 2 aromatic heterocycles. The number of piperidine rings is 2. The molecule has 65 heavy (non-hydrogen) atoms. The molecule has 0 aliphatic carbocycles. The maximum Gasteiger partial charge on any atom is 0.338 e. The summed E-state index contributed by atoms with van der Waals surface area (Å²) in [4.78, 5) is 30.1. The molecule has 0 bridgehead atoms. The van der Waals surface area contributed by atoms with Gasteiger partial charge < -0.3 is 28.4 Å². The number of para-hydroxylation sites is 2. The van der Waals surface area contributed by atoms with Gasteiger partial charge in [0.25, 0.3) is 0 Å². The van der Waals surface area contributed by atoms with Crippen molar-refractivity contribution in [1.29, 1.82) is 0 Å². The van der Waals surface area contributed by atoms with E-state index in [-0.39, 0.29) is 0 Å². The SMILES string of the molecule is CCCCCn1cc(C2CCN(CCc3ccc(C=CC(=O)OC(=O)C=Cc4ccc(CCN5CCC(c6cn(CCOCC)c7ccccc67)CC5)cc4)cc3)CC2)c2ccccc21. The first-order valence-electron chi connectivity index (χ1n) is 24.4. The number of hydrogen-bond acceptors (Lipinski definition) is 6. The number of ether oxygens (including phenoxy) is 2. The number of rotatable bonds is 20. The number of unbranched alkanes of at least 4 members (excludes halogenated alkanes) is 2. The van der Waals surface area contributed by atoms with E-state index in [0.29, 0.717) is 11.8 Å². The summed E-state index contributed by atoms with van der Waals surface area (Å²) in [7, 11) is 0. The highest BCUT2D eigenvalue weighted by Crippen LogP contribution is 2.36. The van der Waals surface area contributed by atoms with Crippen molar-refractivity contribution in [2.24, 2.45) is 0 Å². The molecular weight excluding hydrogens is 805 g/mol. The van der Waals surface area contributed by atoms with Gasteiger partial charge in [-0.2, -0.15) is 0 Å². The third-order valence-electron chi connectivity index (χ3n) is 13.8. The number of benzene rings is 4. The minimum atomic E-state index is -0.684. The smallest absolute Gasteiger partial charge is 0.338 e. The van der Waals surface area contributed by atoms with Crippen LogP contribution in [0.5, 0.6) is 0 Å². The van der Waals surface area contributed by atoms with E-state index in [9.17, 15) is 9.59 Å². The van der Waals surface area contributed by atoms with Crippen LogP contribution in [0.3, 0.4) is 0 Å². The number of carbonyl (C=O) groups excluding carboxylic acids is 2. The molecule has 8 heteroatoms. The topological polar surface area (TPSA) is 68.9 Å². The van der Waals surface area contributed by atoms with Gasteiger partial charge in [-0.05, 0) is 148 Å². The number of nitrogens with zero attached hydrogens (tertiary/aromatic N) is 4. The molecule has 8 rings (SSSR count). The van der Waals surface area contributed by atoms with Crippen LogP contribution >= 0.6 is 0 Å². The molecule has 2 fully saturated rings. The van der Waals surface area contributed by atoms with Gasteiger partial charge in [0.2, 0.25) is 0 Å². The Morgan fingerprint density at radius 2 is 1.03 bits per heavy atom. The lowest BCUT2D eigenvalue weighted by molar-refractivity contribution is -0.152. The fraction of sp³-hybridized carbons (Fsp3) is 0.404. The Morgan fingerprint density at radius 1 is 0.569 bits per heavy atom. The van der Waals surface area contributed by atoms with Gasteiger partial charge in [0.05, 0.1) is 6.61 Å². The Morgan fingerprint density at radius 3 is 1.49 bits per heavy atom. The fourth-order valence-electron chi connectivity index (χ4n) is 10.0. The molecule has 0 radical (unpaired) electrons. The van der Waals surface area contributed by atoms with Crippen LogP contribution in [0.25, 0.3) is 34.0 Å². The van der Waals surface area contributed by atoms with Crippen molar-refractivity contribution >= 4 is 45.9 Å². The quantitative estimate of drug-likeness (QED) is 0.0329. The minimum Gasteiger partial charge on any atom is -0.387 e. The average molecular weight is 873 g/mol. The van der Waals surface area contributed by atoms with Crippen LogP contribution in [0.15, 0.2) is 122 Å². The summed E-state index contributed by atoms with van der Waals surface area (Å²) in [6, 6.07) is 34.3. The number of aryl methyl sites for hydroxylation is 1. The predicted molar refractivity (Wildman–Crippen MR) is 266 cm³/mol. The predicted octanol–water partition coefficient (Wildman–Crippen LogP) is 11.5. The van der Waals surface area contributed by atoms with Gasteiger partial charge >= 0.3 is 11.9 Å². The van der Waals surface area contributed by atoms with Gasteiger partial charge in [0.1, 0.15) is 0 Å². The summed E-state index contributed by atoms with van der Waals surface area (Å²) >= 11 is 0. The first-order chi connectivity index (χ1) is 31.9. The van der Waals surface area contributed by atoms with E-state index in [1.807, 2.05) is 31.2 Å². The van der Waals surface area contributed by atoms with Crippen molar-refractivity contribution in [3.63, 3.8) is 0 Å². The summed E-state index contributed by atoms with van der Waals surface area (Å²) in [5, 5.41) is 2.82. The van der Waals surface area contributed by atoms with Crippen molar-refractivity contribution < 1.29 is 19.1 Å². The first kappa shape index (κ1) is 46.0. The Labute approximate surface area is 386 Å². The molecule has 6 aromatic rings. The zero-order valence-corrected chi connectivity index (χ0v) is 38.7. The van der Waals surface area contributed by atoms with Crippen LogP contribution in [0, 0.1) is 0 Å². The Kier molecular flexibility index (Phi) is 16.3. The van der Waals surface area contributed by atoms with Gasteiger partial charge in [-0.1, -0.05) is 105 Å². The maximum absolute atomic E-state index is 12.5. The van der Waals surface area contributed by atoms with Crippen LogP contribution in [-0.2, 0) is 45.0 Å². The number of aromatic nitrogens is 2. The molecule has 0 unspecified atom stereocenters. The van der Waals surface area contributed by atoms with Crippen molar-refractivity contribution in [1.82, 2.24) is 18.9 Å². The second kappa shape index (κ2) is 23.1. The third-order valence-corrected chi connectivity index (χ3v) is 13.8. The molecule has 4 heterocycles. The molecule has 0 atom stereocenters. The molecule has 8 nitrogen and oxygen atoms in total. The summed E-state index contributed by atoms with van der Waals surface area (Å²) in [5.41, 5.74) is 10.0. The van der Waals surface area contributed by atoms with E-state index in [1.165, 1.54) is 101 Å². The lowest BCUT2D eigenvalue weighted by atomic mass is 9.89. The van der Waals surface area contributed by atoms with E-state index < -0.39 is 11.9 Å². The van der Waals surface area contributed by atoms with Crippen molar-refractivity contribution in [3.8, 4) is 0 Å². The Bertz CT molecular complexity index is 2340. The molecule has 0 N–H and O–H groups in total. The van der Waals surface area contributed by atoms with Gasteiger partial charge in [-0.3, -0.25) is 0 Å². The summed E-state index contributed by atoms with van der Waals surface area (Å²) < 4.78 is 15.5. The highest BCUT2D eigenvalue weighted by Gasteiger charge is 2.25. The van der Waals surface area contributed by atoms with Crippen LogP contribution in [0.2, 0.25) is 0 Å². The molecular formula is C57H68N4O4. The number of esters is 2. The zero-order valence-electron chi connectivity index (χ0n) is 38.7. The lowest BCUT2D eigenvalue weighted by Crippen LogP contribution is -2.34. The highest BCUT2D eigenvalue weighted by molar-refractivity contribution is 5.99. The minimum absolute atomic E-state index is 0.577. The van der Waals surface area contributed by atoms with E-state index >= 15 is 0 Å². The zero-order chi connectivity index (χ0) is 44.8. The van der Waals surface area contributed by atoms with Gasteiger partial charge in [-0.15, -0.1) is 0 Å². The molecule has 340 valence electrons. The molecule has 0 spiro atoms. The Balaban J connectivity index is 0.718. The number of fused-ring (bicyclic) bond motifs is 2. The maximum atomic E-state index is 12.5. The standard InChI is InChI=1S/C57H68N4O4/c1-3-5-10-33-60-42-52(50-11-6-8-13-54(50)60)48-29-36-58(37-30-48)34-27-46-19-15-44(16-20-46)23-25-56(62)65-57(63)26-24-45-17-21-47(22-18-45)28-35-59-38-31-49(32-39-59)53-43-61(40-41-64-4-2)55-14-9-7-12-51(53)55/h6-9,11-26,42-43,48-49H,3-5,10,27-41H2,1-2H3. The highest BCUT2D eigenvalue weighted by atomic mass is 16.6. The van der Waals surface area contributed by atoms with Crippen LogP contribution in [0.1, 0.15) is 104 Å². The molecule has 2 saturated heterocycles. The van der Waals surface area contributed by atoms with Crippen LogP contribution in [-0.4, -0.2) is 83.4 Å². The Hall–Kier alpha value is -5.54. The van der Waals surface area contributed by atoms with E-state index in [2.05, 4.69) is 111 Å².